The summed E-state index contributed by atoms with van der Waals surface area (Å²) in [5, 5.41) is 0. The molecule has 0 bridgehead atoms. The quantitative estimate of drug-likeness (QED) is 0.762. The monoisotopic (exact) mass is 387 g/mol. The minimum atomic E-state index is -0.353. The van der Waals surface area contributed by atoms with Crippen LogP contribution in [0.5, 0.6) is 0 Å². The first-order valence-corrected chi connectivity index (χ1v) is 10.3. The highest BCUT2D eigenvalue weighted by molar-refractivity contribution is 5.78. The number of aromatic nitrogens is 2. The van der Waals surface area contributed by atoms with Crippen molar-refractivity contribution in [1.82, 2.24) is 24.3 Å². The van der Waals surface area contributed by atoms with Gasteiger partial charge >= 0.3 is 5.76 Å². The van der Waals surface area contributed by atoms with Gasteiger partial charge in [-0.15, -0.1) is 0 Å². The molecule has 1 atom stereocenters. The van der Waals surface area contributed by atoms with Crippen molar-refractivity contribution in [1.29, 1.82) is 0 Å². The summed E-state index contributed by atoms with van der Waals surface area (Å²) < 4.78 is 6.84. The second-order valence-corrected chi connectivity index (χ2v) is 7.89. The largest absolute Gasteiger partial charge is 0.421 e. The van der Waals surface area contributed by atoms with Crippen LogP contribution in [0.4, 0.5) is 0 Å². The van der Waals surface area contributed by atoms with E-state index in [1.165, 1.54) is 6.42 Å². The van der Waals surface area contributed by atoms with Crippen molar-refractivity contribution < 1.29 is 9.21 Å². The van der Waals surface area contributed by atoms with Crippen LogP contribution in [0.25, 0.3) is 11.2 Å². The van der Waals surface area contributed by atoms with Crippen LogP contribution in [0, 0.1) is 0 Å². The number of likely N-dealkylation sites (tertiary alicyclic amines) is 1. The Morgan fingerprint density at radius 3 is 2.71 bits per heavy atom. The molecule has 2 aliphatic heterocycles. The van der Waals surface area contributed by atoms with Gasteiger partial charge in [0, 0.05) is 58.1 Å². The molecule has 2 aromatic rings. The number of rotatable bonds is 5. The van der Waals surface area contributed by atoms with Gasteiger partial charge in [0.25, 0.3) is 0 Å². The summed E-state index contributed by atoms with van der Waals surface area (Å²) in [5.41, 5.74) is 1.13. The third kappa shape index (κ3) is 4.12. The molecule has 1 amide bonds. The SMILES string of the molecule is CC1CCCCN1C(=O)CN1CCN(CCn2c(=O)oc3cccnc32)CC1. The van der Waals surface area contributed by atoms with Crippen molar-refractivity contribution in [2.75, 3.05) is 45.8 Å². The number of oxazole rings is 1. The minimum absolute atomic E-state index is 0.267. The van der Waals surface area contributed by atoms with Gasteiger partial charge < -0.3 is 9.32 Å². The molecule has 4 heterocycles. The molecule has 152 valence electrons. The number of fused-ring (bicyclic) bond motifs is 1. The lowest BCUT2D eigenvalue weighted by molar-refractivity contribution is -0.136. The van der Waals surface area contributed by atoms with Crippen LogP contribution < -0.4 is 5.76 Å². The predicted molar refractivity (Wildman–Crippen MR) is 106 cm³/mol. The van der Waals surface area contributed by atoms with Crippen LogP contribution in [0.3, 0.4) is 0 Å². The molecule has 8 nitrogen and oxygen atoms in total. The number of carbonyl (C=O) groups excluding carboxylic acids is 1. The average Bonchev–Trinajstić information content (AvgIpc) is 3.03. The number of pyridine rings is 1. The number of nitrogens with zero attached hydrogens (tertiary/aromatic N) is 5. The smallest absolute Gasteiger partial charge is 0.406 e. The zero-order valence-electron chi connectivity index (χ0n) is 16.5. The number of carbonyl (C=O) groups is 1. The van der Waals surface area contributed by atoms with Gasteiger partial charge in [0.1, 0.15) is 0 Å². The van der Waals surface area contributed by atoms with Crippen LogP contribution in [0.15, 0.2) is 27.5 Å². The summed E-state index contributed by atoms with van der Waals surface area (Å²) in [4.78, 5) is 35.6. The molecule has 0 radical (unpaired) electrons. The Balaban J connectivity index is 1.26. The van der Waals surface area contributed by atoms with E-state index in [1.54, 1.807) is 22.9 Å². The molecule has 2 aromatic heterocycles. The number of hydrogen-bond donors (Lipinski definition) is 0. The molecule has 0 aliphatic carbocycles. The maximum absolute atomic E-state index is 12.6. The summed E-state index contributed by atoms with van der Waals surface area (Å²) in [6.07, 6.45) is 5.15. The molecular formula is C20H29N5O3. The maximum atomic E-state index is 12.6. The van der Waals surface area contributed by atoms with E-state index in [2.05, 4.69) is 26.6 Å². The first-order valence-electron chi connectivity index (χ1n) is 10.3. The van der Waals surface area contributed by atoms with Gasteiger partial charge in [0.15, 0.2) is 11.2 Å². The highest BCUT2D eigenvalue weighted by Gasteiger charge is 2.26. The molecule has 4 rings (SSSR count). The normalized spacial score (nSPS) is 22.0. The summed E-state index contributed by atoms with van der Waals surface area (Å²) >= 11 is 0. The van der Waals surface area contributed by atoms with E-state index < -0.39 is 0 Å². The van der Waals surface area contributed by atoms with Crippen molar-refractivity contribution >= 4 is 17.1 Å². The zero-order valence-corrected chi connectivity index (χ0v) is 16.5. The molecule has 0 N–H and O–H groups in total. The van der Waals surface area contributed by atoms with Crippen molar-refractivity contribution in [2.45, 2.75) is 38.8 Å². The topological polar surface area (TPSA) is 74.8 Å². The predicted octanol–water partition coefficient (Wildman–Crippen LogP) is 1.01. The van der Waals surface area contributed by atoms with E-state index in [0.29, 0.717) is 30.4 Å². The fraction of sp³-hybridized carbons (Fsp3) is 0.650. The van der Waals surface area contributed by atoms with E-state index in [4.69, 9.17) is 4.42 Å². The molecule has 2 fully saturated rings. The van der Waals surface area contributed by atoms with Gasteiger partial charge in [-0.1, -0.05) is 0 Å². The standard InChI is InChI=1S/C20H29N5O3/c1-16-5-2-3-8-24(16)18(26)15-23-11-9-22(10-12-23)13-14-25-19-17(28-20(25)27)6-4-7-21-19/h4,6-7,16H,2-3,5,8-15H2,1H3. The maximum Gasteiger partial charge on any atom is 0.421 e. The lowest BCUT2D eigenvalue weighted by Gasteiger charge is -2.38. The Labute approximate surface area is 164 Å². The van der Waals surface area contributed by atoms with Crippen molar-refractivity contribution in [3.63, 3.8) is 0 Å². The first-order chi connectivity index (χ1) is 13.6. The molecule has 0 aromatic carbocycles. The summed E-state index contributed by atoms with van der Waals surface area (Å²) in [7, 11) is 0. The molecule has 0 spiro atoms. The molecule has 8 heteroatoms. The highest BCUT2D eigenvalue weighted by Crippen LogP contribution is 2.17. The minimum Gasteiger partial charge on any atom is -0.406 e. The van der Waals surface area contributed by atoms with Crippen LogP contribution in [0.2, 0.25) is 0 Å². The van der Waals surface area contributed by atoms with Gasteiger partial charge in [0.2, 0.25) is 5.91 Å². The first kappa shape index (κ1) is 19.1. The summed E-state index contributed by atoms with van der Waals surface area (Å²) in [5.74, 6) is -0.0864. The second kappa shape index (κ2) is 8.45. The molecule has 2 saturated heterocycles. The lowest BCUT2D eigenvalue weighted by Crippen LogP contribution is -2.52. The van der Waals surface area contributed by atoms with Crippen molar-refractivity contribution in [3.8, 4) is 0 Å². The molecule has 0 saturated carbocycles. The van der Waals surface area contributed by atoms with Gasteiger partial charge in [0.05, 0.1) is 6.54 Å². The lowest BCUT2D eigenvalue weighted by atomic mass is 10.0. The third-order valence-corrected chi connectivity index (χ3v) is 6.01. The fourth-order valence-corrected chi connectivity index (χ4v) is 4.26. The van der Waals surface area contributed by atoms with E-state index in [-0.39, 0.29) is 11.7 Å². The van der Waals surface area contributed by atoms with Crippen LogP contribution in [0.1, 0.15) is 26.2 Å². The van der Waals surface area contributed by atoms with Crippen LogP contribution in [-0.4, -0.2) is 82.0 Å². The van der Waals surface area contributed by atoms with Crippen molar-refractivity contribution in [3.05, 3.63) is 28.9 Å². The van der Waals surface area contributed by atoms with Crippen LogP contribution >= 0.6 is 0 Å². The Morgan fingerprint density at radius 1 is 1.14 bits per heavy atom. The molecule has 1 unspecified atom stereocenters. The van der Waals surface area contributed by atoms with Gasteiger partial charge in [-0.3, -0.25) is 19.2 Å². The average molecular weight is 387 g/mol. The highest BCUT2D eigenvalue weighted by atomic mass is 16.4. The molecule has 2 aliphatic rings. The number of piperidine rings is 1. The number of hydrogen-bond acceptors (Lipinski definition) is 6. The van der Waals surface area contributed by atoms with Gasteiger partial charge in [-0.2, -0.15) is 0 Å². The second-order valence-electron chi connectivity index (χ2n) is 7.89. The van der Waals surface area contributed by atoms with Crippen molar-refractivity contribution in [2.24, 2.45) is 0 Å². The molecule has 28 heavy (non-hydrogen) atoms. The Morgan fingerprint density at radius 2 is 1.93 bits per heavy atom. The fourth-order valence-electron chi connectivity index (χ4n) is 4.26. The third-order valence-electron chi connectivity index (χ3n) is 6.01. The Kier molecular flexibility index (Phi) is 5.77. The Bertz CT molecular complexity index is 868. The molecular weight excluding hydrogens is 358 g/mol. The zero-order chi connectivity index (χ0) is 19.5. The van der Waals surface area contributed by atoms with Gasteiger partial charge in [-0.25, -0.2) is 9.78 Å². The number of piperazine rings is 1. The number of amides is 1. The van der Waals surface area contributed by atoms with E-state index in [9.17, 15) is 9.59 Å². The Hall–Kier alpha value is -2.19. The van der Waals surface area contributed by atoms with E-state index in [1.807, 2.05) is 0 Å². The van der Waals surface area contributed by atoms with Crippen LogP contribution in [-0.2, 0) is 11.3 Å². The van der Waals surface area contributed by atoms with Gasteiger partial charge in [-0.05, 0) is 38.3 Å². The van der Waals surface area contributed by atoms with E-state index >= 15 is 0 Å². The summed E-state index contributed by atoms with van der Waals surface area (Å²) in [6, 6.07) is 3.90. The van der Waals surface area contributed by atoms with E-state index in [0.717, 1.165) is 52.1 Å². The summed E-state index contributed by atoms with van der Waals surface area (Å²) in [6.45, 7) is 8.49.